The van der Waals surface area contributed by atoms with Crippen molar-refractivity contribution in [3.8, 4) is 0 Å². The summed E-state index contributed by atoms with van der Waals surface area (Å²) in [5.41, 5.74) is 0.609. The van der Waals surface area contributed by atoms with Gasteiger partial charge in [0.15, 0.2) is 0 Å². The largest absolute Gasteiger partial charge is 0.353 e. The SMILES string of the molecule is CCCC(=O)N[C@H](CCNC(=O)c1cnn(C2CCC2)c1)C(C)C. The van der Waals surface area contributed by atoms with Gasteiger partial charge in [0, 0.05) is 25.2 Å². The molecule has 1 atom stereocenters. The summed E-state index contributed by atoms with van der Waals surface area (Å²) in [7, 11) is 0. The minimum Gasteiger partial charge on any atom is -0.353 e. The molecule has 0 spiro atoms. The summed E-state index contributed by atoms with van der Waals surface area (Å²) in [6.45, 7) is 6.71. The van der Waals surface area contributed by atoms with Crippen LogP contribution in [0.2, 0.25) is 0 Å². The maximum absolute atomic E-state index is 12.2. The maximum atomic E-state index is 12.2. The van der Waals surface area contributed by atoms with Crippen molar-refractivity contribution in [2.24, 2.45) is 5.92 Å². The quantitative estimate of drug-likeness (QED) is 0.729. The molecule has 1 aliphatic rings. The first-order chi connectivity index (χ1) is 11.5. The second kappa shape index (κ2) is 8.85. The van der Waals surface area contributed by atoms with E-state index in [4.69, 9.17) is 0 Å². The molecule has 6 heteroatoms. The van der Waals surface area contributed by atoms with Gasteiger partial charge in [-0.3, -0.25) is 14.3 Å². The standard InChI is InChI=1S/C18H30N4O2/c1-4-6-17(23)21-16(13(2)3)9-10-19-18(24)14-11-20-22(12-14)15-7-5-8-15/h11-13,15-16H,4-10H2,1-3H3,(H,19,24)(H,21,23)/t16-/m1/s1. The summed E-state index contributed by atoms with van der Waals surface area (Å²) in [6, 6.07) is 0.549. The second-order valence-electron chi connectivity index (χ2n) is 7.01. The first-order valence-corrected chi connectivity index (χ1v) is 9.13. The van der Waals surface area contributed by atoms with Gasteiger partial charge in [-0.05, 0) is 38.0 Å². The van der Waals surface area contributed by atoms with Crippen molar-refractivity contribution in [2.75, 3.05) is 6.54 Å². The van der Waals surface area contributed by atoms with Gasteiger partial charge >= 0.3 is 0 Å². The van der Waals surface area contributed by atoms with E-state index in [0.717, 1.165) is 25.7 Å². The Labute approximate surface area is 144 Å². The number of carbonyl (C=O) groups is 2. The van der Waals surface area contributed by atoms with Crippen molar-refractivity contribution in [1.29, 1.82) is 0 Å². The zero-order valence-corrected chi connectivity index (χ0v) is 15.0. The van der Waals surface area contributed by atoms with Gasteiger partial charge in [-0.25, -0.2) is 0 Å². The molecule has 1 saturated carbocycles. The zero-order chi connectivity index (χ0) is 17.5. The molecule has 2 amide bonds. The maximum Gasteiger partial charge on any atom is 0.254 e. The highest BCUT2D eigenvalue weighted by Gasteiger charge is 2.21. The van der Waals surface area contributed by atoms with E-state index in [2.05, 4.69) is 29.6 Å². The summed E-state index contributed by atoms with van der Waals surface area (Å²) in [6.07, 6.45) is 9.14. The summed E-state index contributed by atoms with van der Waals surface area (Å²) < 4.78 is 1.90. The predicted molar refractivity (Wildman–Crippen MR) is 93.7 cm³/mol. The van der Waals surface area contributed by atoms with Gasteiger partial charge in [0.2, 0.25) is 5.91 Å². The summed E-state index contributed by atoms with van der Waals surface area (Å²) in [5.74, 6) is 0.330. The molecule has 0 radical (unpaired) electrons. The van der Waals surface area contributed by atoms with E-state index >= 15 is 0 Å². The molecular weight excluding hydrogens is 304 g/mol. The molecule has 0 bridgehead atoms. The molecule has 2 N–H and O–H groups in total. The van der Waals surface area contributed by atoms with Crippen molar-refractivity contribution in [2.45, 2.75) is 71.4 Å². The van der Waals surface area contributed by atoms with Crippen molar-refractivity contribution >= 4 is 11.8 Å². The van der Waals surface area contributed by atoms with Crippen LogP contribution in [0.4, 0.5) is 0 Å². The van der Waals surface area contributed by atoms with Gasteiger partial charge in [0.05, 0.1) is 17.8 Å². The third-order valence-electron chi connectivity index (χ3n) is 4.68. The first-order valence-electron chi connectivity index (χ1n) is 9.13. The van der Waals surface area contributed by atoms with Gasteiger partial charge < -0.3 is 10.6 Å². The molecule has 1 fully saturated rings. The van der Waals surface area contributed by atoms with E-state index in [0.29, 0.717) is 30.5 Å². The van der Waals surface area contributed by atoms with Crippen molar-refractivity contribution in [3.63, 3.8) is 0 Å². The van der Waals surface area contributed by atoms with E-state index in [-0.39, 0.29) is 17.9 Å². The molecule has 0 aliphatic heterocycles. The average Bonchev–Trinajstić information content (AvgIpc) is 2.93. The van der Waals surface area contributed by atoms with E-state index in [1.165, 1.54) is 6.42 Å². The van der Waals surface area contributed by atoms with Crippen LogP contribution in [0, 0.1) is 5.92 Å². The number of nitrogens with one attached hydrogen (secondary N) is 2. The van der Waals surface area contributed by atoms with E-state index in [1.807, 2.05) is 17.8 Å². The fourth-order valence-electron chi connectivity index (χ4n) is 2.83. The summed E-state index contributed by atoms with van der Waals surface area (Å²) >= 11 is 0. The van der Waals surface area contributed by atoms with Gasteiger partial charge in [0.1, 0.15) is 0 Å². The minimum absolute atomic E-state index is 0.0852. The Balaban J connectivity index is 1.77. The summed E-state index contributed by atoms with van der Waals surface area (Å²) in [5, 5.41) is 10.3. The number of carbonyl (C=O) groups excluding carboxylic acids is 2. The van der Waals surface area contributed by atoms with Crippen LogP contribution in [0.1, 0.15) is 75.7 Å². The van der Waals surface area contributed by atoms with Crippen LogP contribution in [0.15, 0.2) is 12.4 Å². The minimum atomic E-state index is -0.0945. The van der Waals surface area contributed by atoms with Gasteiger partial charge in [-0.15, -0.1) is 0 Å². The molecule has 1 aromatic rings. The Kier molecular flexibility index (Phi) is 6.82. The van der Waals surface area contributed by atoms with E-state index in [9.17, 15) is 9.59 Å². The lowest BCUT2D eigenvalue weighted by Gasteiger charge is -2.25. The number of aromatic nitrogens is 2. The van der Waals surface area contributed by atoms with Crippen LogP contribution in [0.25, 0.3) is 0 Å². The molecule has 24 heavy (non-hydrogen) atoms. The number of hydrogen-bond donors (Lipinski definition) is 2. The van der Waals surface area contributed by atoms with Crippen LogP contribution in [0.3, 0.4) is 0 Å². The molecule has 1 heterocycles. The van der Waals surface area contributed by atoms with Crippen molar-refractivity contribution in [3.05, 3.63) is 18.0 Å². The molecule has 0 saturated heterocycles. The van der Waals surface area contributed by atoms with Crippen LogP contribution in [-0.2, 0) is 4.79 Å². The van der Waals surface area contributed by atoms with Crippen LogP contribution in [-0.4, -0.2) is 34.2 Å². The number of amides is 2. The Morgan fingerprint density at radius 1 is 1.38 bits per heavy atom. The van der Waals surface area contributed by atoms with Gasteiger partial charge in [-0.1, -0.05) is 20.8 Å². The topological polar surface area (TPSA) is 76.0 Å². The Bertz CT molecular complexity index is 549. The number of hydrogen-bond acceptors (Lipinski definition) is 3. The van der Waals surface area contributed by atoms with Crippen LogP contribution < -0.4 is 10.6 Å². The van der Waals surface area contributed by atoms with Gasteiger partial charge in [0.25, 0.3) is 5.91 Å². The normalized spacial score (nSPS) is 15.8. The fourth-order valence-corrected chi connectivity index (χ4v) is 2.83. The monoisotopic (exact) mass is 334 g/mol. The predicted octanol–water partition coefficient (Wildman–Crippen LogP) is 2.67. The number of nitrogens with zero attached hydrogens (tertiary/aromatic N) is 2. The Morgan fingerprint density at radius 3 is 2.71 bits per heavy atom. The highest BCUT2D eigenvalue weighted by atomic mass is 16.2. The average molecular weight is 334 g/mol. The van der Waals surface area contributed by atoms with Crippen molar-refractivity contribution < 1.29 is 9.59 Å². The van der Waals surface area contributed by atoms with E-state index in [1.54, 1.807) is 6.20 Å². The molecule has 0 unspecified atom stereocenters. The molecule has 6 nitrogen and oxygen atoms in total. The van der Waals surface area contributed by atoms with Crippen LogP contribution >= 0.6 is 0 Å². The molecule has 1 aromatic heterocycles. The van der Waals surface area contributed by atoms with Gasteiger partial charge in [-0.2, -0.15) is 5.10 Å². The Morgan fingerprint density at radius 2 is 2.12 bits per heavy atom. The second-order valence-corrected chi connectivity index (χ2v) is 7.01. The highest BCUT2D eigenvalue weighted by molar-refractivity contribution is 5.93. The van der Waals surface area contributed by atoms with Crippen molar-refractivity contribution in [1.82, 2.24) is 20.4 Å². The highest BCUT2D eigenvalue weighted by Crippen LogP contribution is 2.30. The third kappa shape index (κ3) is 5.08. The lowest BCUT2D eigenvalue weighted by Crippen LogP contribution is -2.41. The molecular formula is C18H30N4O2. The third-order valence-corrected chi connectivity index (χ3v) is 4.68. The first kappa shape index (κ1) is 18.5. The lowest BCUT2D eigenvalue weighted by atomic mass is 9.93. The molecule has 134 valence electrons. The smallest absolute Gasteiger partial charge is 0.254 e. The van der Waals surface area contributed by atoms with E-state index < -0.39 is 0 Å². The summed E-state index contributed by atoms with van der Waals surface area (Å²) in [4.78, 5) is 24.0. The fraction of sp³-hybridized carbons (Fsp3) is 0.722. The molecule has 1 aliphatic carbocycles. The lowest BCUT2D eigenvalue weighted by molar-refractivity contribution is -0.122. The number of rotatable bonds is 9. The molecule has 2 rings (SSSR count). The zero-order valence-electron chi connectivity index (χ0n) is 15.0. The van der Waals surface area contributed by atoms with Crippen LogP contribution in [0.5, 0.6) is 0 Å². The Hall–Kier alpha value is -1.85. The molecule has 0 aromatic carbocycles.